The molecule has 0 unspecified atom stereocenters. The molecule has 3 aromatic rings. The summed E-state index contributed by atoms with van der Waals surface area (Å²) in [7, 11) is 1.60. The molecule has 0 aliphatic carbocycles. The van der Waals surface area contributed by atoms with E-state index >= 15 is 0 Å². The standard InChI is InChI=1S/C17H16FN5O/c1-11-6-7-15(24-2)14(8-11)21-16-10-19-23-17(22-16)20-13-5-3-4-12(18)9-13/h3-10H,1-2H3,(H2,20,21,22,23). The number of aromatic nitrogens is 3. The smallest absolute Gasteiger partial charge is 0.249 e. The largest absolute Gasteiger partial charge is 0.495 e. The van der Waals surface area contributed by atoms with E-state index in [1.807, 2.05) is 25.1 Å². The van der Waals surface area contributed by atoms with E-state index in [4.69, 9.17) is 4.74 Å². The van der Waals surface area contributed by atoms with Crippen LogP contribution in [0.15, 0.2) is 48.7 Å². The number of hydrogen-bond acceptors (Lipinski definition) is 6. The van der Waals surface area contributed by atoms with E-state index in [0.29, 0.717) is 17.3 Å². The number of ether oxygens (including phenoxy) is 1. The zero-order valence-electron chi connectivity index (χ0n) is 13.2. The molecule has 0 bridgehead atoms. The summed E-state index contributed by atoms with van der Waals surface area (Å²) in [4.78, 5) is 4.32. The fourth-order valence-corrected chi connectivity index (χ4v) is 2.17. The number of benzene rings is 2. The lowest BCUT2D eigenvalue weighted by molar-refractivity contribution is 0.416. The van der Waals surface area contributed by atoms with Crippen molar-refractivity contribution in [3.63, 3.8) is 0 Å². The van der Waals surface area contributed by atoms with Crippen molar-refractivity contribution in [2.24, 2.45) is 0 Å². The van der Waals surface area contributed by atoms with Gasteiger partial charge in [0.2, 0.25) is 5.95 Å². The third-order valence-corrected chi connectivity index (χ3v) is 3.26. The van der Waals surface area contributed by atoms with Crippen LogP contribution in [0.4, 0.5) is 27.5 Å². The van der Waals surface area contributed by atoms with Gasteiger partial charge in [-0.25, -0.2) is 4.39 Å². The van der Waals surface area contributed by atoms with Crippen LogP contribution in [0.1, 0.15) is 5.56 Å². The Bertz CT molecular complexity index is 856. The third kappa shape index (κ3) is 3.75. The lowest BCUT2D eigenvalue weighted by Gasteiger charge is -2.12. The van der Waals surface area contributed by atoms with Crippen LogP contribution in [0.3, 0.4) is 0 Å². The highest BCUT2D eigenvalue weighted by Gasteiger charge is 2.07. The van der Waals surface area contributed by atoms with Gasteiger partial charge >= 0.3 is 0 Å². The third-order valence-electron chi connectivity index (χ3n) is 3.26. The van der Waals surface area contributed by atoms with Gasteiger partial charge in [0.05, 0.1) is 19.0 Å². The molecule has 122 valence electrons. The summed E-state index contributed by atoms with van der Waals surface area (Å²) >= 11 is 0. The number of nitrogens with zero attached hydrogens (tertiary/aromatic N) is 3. The number of nitrogens with one attached hydrogen (secondary N) is 2. The summed E-state index contributed by atoms with van der Waals surface area (Å²) in [5.74, 6) is 1.11. The van der Waals surface area contributed by atoms with Gasteiger partial charge in [0.1, 0.15) is 11.6 Å². The molecule has 2 aromatic carbocycles. The Balaban J connectivity index is 1.82. The molecule has 7 heteroatoms. The summed E-state index contributed by atoms with van der Waals surface area (Å²) in [5, 5.41) is 13.9. The van der Waals surface area contributed by atoms with Crippen LogP contribution < -0.4 is 15.4 Å². The van der Waals surface area contributed by atoms with Gasteiger partial charge in [0.15, 0.2) is 5.82 Å². The lowest BCUT2D eigenvalue weighted by Crippen LogP contribution is -2.03. The molecule has 0 spiro atoms. The monoisotopic (exact) mass is 325 g/mol. The van der Waals surface area contributed by atoms with E-state index in [2.05, 4.69) is 25.8 Å². The molecule has 1 heterocycles. The van der Waals surface area contributed by atoms with Gasteiger partial charge in [-0.15, -0.1) is 5.10 Å². The number of methoxy groups -OCH3 is 1. The summed E-state index contributed by atoms with van der Waals surface area (Å²) in [5.41, 5.74) is 2.40. The topological polar surface area (TPSA) is 72.0 Å². The minimum absolute atomic E-state index is 0.261. The van der Waals surface area contributed by atoms with E-state index in [9.17, 15) is 4.39 Å². The zero-order valence-corrected chi connectivity index (χ0v) is 13.2. The maximum Gasteiger partial charge on any atom is 0.249 e. The lowest BCUT2D eigenvalue weighted by atomic mass is 10.2. The van der Waals surface area contributed by atoms with E-state index in [0.717, 1.165) is 11.3 Å². The molecule has 0 atom stereocenters. The molecule has 3 rings (SSSR count). The van der Waals surface area contributed by atoms with Gasteiger partial charge < -0.3 is 15.4 Å². The molecule has 0 saturated heterocycles. The number of hydrogen-bond donors (Lipinski definition) is 2. The molecule has 0 fully saturated rings. The van der Waals surface area contributed by atoms with Crippen LogP contribution in [-0.4, -0.2) is 22.3 Å². The Labute approximate surface area is 138 Å². The SMILES string of the molecule is COc1ccc(C)cc1Nc1cnnc(Nc2cccc(F)c2)n1. The average Bonchev–Trinajstić information content (AvgIpc) is 2.55. The first-order valence-electron chi connectivity index (χ1n) is 7.28. The second-order valence-corrected chi connectivity index (χ2v) is 5.13. The molecule has 1 aromatic heterocycles. The van der Waals surface area contributed by atoms with Crippen molar-refractivity contribution in [1.29, 1.82) is 0 Å². The fraction of sp³-hybridized carbons (Fsp3) is 0.118. The number of anilines is 4. The van der Waals surface area contributed by atoms with Crippen molar-refractivity contribution in [1.82, 2.24) is 15.2 Å². The number of aryl methyl sites for hydroxylation is 1. The summed E-state index contributed by atoms with van der Waals surface area (Å²) < 4.78 is 18.6. The van der Waals surface area contributed by atoms with E-state index < -0.39 is 0 Å². The van der Waals surface area contributed by atoms with Crippen LogP contribution in [0.5, 0.6) is 5.75 Å². The van der Waals surface area contributed by atoms with Gasteiger partial charge in [0.25, 0.3) is 0 Å². The summed E-state index contributed by atoms with van der Waals surface area (Å²) in [6, 6.07) is 11.8. The molecular formula is C17H16FN5O. The number of rotatable bonds is 5. The van der Waals surface area contributed by atoms with Gasteiger partial charge in [0, 0.05) is 5.69 Å². The Hall–Kier alpha value is -3.22. The normalized spacial score (nSPS) is 10.3. The van der Waals surface area contributed by atoms with Crippen LogP contribution in [0, 0.1) is 12.7 Å². The van der Waals surface area contributed by atoms with Crippen molar-refractivity contribution in [2.45, 2.75) is 6.92 Å². The summed E-state index contributed by atoms with van der Waals surface area (Å²) in [6.07, 6.45) is 1.50. The van der Waals surface area contributed by atoms with Crippen LogP contribution in [0.2, 0.25) is 0 Å². The van der Waals surface area contributed by atoms with Crippen LogP contribution >= 0.6 is 0 Å². The van der Waals surface area contributed by atoms with Crippen molar-refractivity contribution in [3.05, 3.63) is 60.0 Å². The quantitative estimate of drug-likeness (QED) is 0.743. The highest BCUT2D eigenvalue weighted by molar-refractivity contribution is 5.65. The predicted molar refractivity (Wildman–Crippen MR) is 90.5 cm³/mol. The van der Waals surface area contributed by atoms with Crippen LogP contribution in [0.25, 0.3) is 0 Å². The van der Waals surface area contributed by atoms with E-state index in [1.165, 1.54) is 18.3 Å². The second-order valence-electron chi connectivity index (χ2n) is 5.13. The first-order valence-corrected chi connectivity index (χ1v) is 7.28. The second kappa shape index (κ2) is 6.91. The minimum atomic E-state index is -0.341. The molecular weight excluding hydrogens is 309 g/mol. The van der Waals surface area contributed by atoms with Gasteiger partial charge in [-0.2, -0.15) is 10.1 Å². The fourth-order valence-electron chi connectivity index (χ4n) is 2.17. The summed E-state index contributed by atoms with van der Waals surface area (Å²) in [6.45, 7) is 1.99. The van der Waals surface area contributed by atoms with Crippen molar-refractivity contribution in [3.8, 4) is 5.75 Å². The van der Waals surface area contributed by atoms with Gasteiger partial charge in [-0.3, -0.25) is 0 Å². The van der Waals surface area contributed by atoms with Gasteiger partial charge in [-0.1, -0.05) is 12.1 Å². The highest BCUT2D eigenvalue weighted by atomic mass is 19.1. The molecule has 6 nitrogen and oxygen atoms in total. The van der Waals surface area contributed by atoms with E-state index in [1.54, 1.807) is 19.2 Å². The molecule has 0 aliphatic heterocycles. The first-order chi connectivity index (χ1) is 11.6. The minimum Gasteiger partial charge on any atom is -0.495 e. The Morgan fingerprint density at radius 1 is 1.08 bits per heavy atom. The molecule has 24 heavy (non-hydrogen) atoms. The average molecular weight is 325 g/mol. The van der Waals surface area contributed by atoms with Gasteiger partial charge in [-0.05, 0) is 42.8 Å². The predicted octanol–water partition coefficient (Wildman–Crippen LogP) is 3.81. The molecule has 0 aliphatic rings. The molecule has 0 saturated carbocycles. The van der Waals surface area contributed by atoms with Crippen molar-refractivity contribution in [2.75, 3.05) is 17.7 Å². The maximum absolute atomic E-state index is 13.2. The van der Waals surface area contributed by atoms with Crippen molar-refractivity contribution >= 4 is 23.1 Å². The Morgan fingerprint density at radius 2 is 1.96 bits per heavy atom. The van der Waals surface area contributed by atoms with Crippen molar-refractivity contribution < 1.29 is 9.13 Å². The maximum atomic E-state index is 13.2. The molecule has 0 amide bonds. The molecule has 2 N–H and O–H groups in total. The van der Waals surface area contributed by atoms with Crippen LogP contribution in [-0.2, 0) is 0 Å². The Kier molecular flexibility index (Phi) is 4.51. The Morgan fingerprint density at radius 3 is 2.75 bits per heavy atom. The highest BCUT2D eigenvalue weighted by Crippen LogP contribution is 2.28. The zero-order chi connectivity index (χ0) is 16.9. The number of halogens is 1. The van der Waals surface area contributed by atoms with E-state index in [-0.39, 0.29) is 11.8 Å². The first kappa shape index (κ1) is 15.7. The molecule has 0 radical (unpaired) electrons.